The topological polar surface area (TPSA) is 108 Å². The van der Waals surface area contributed by atoms with E-state index in [4.69, 9.17) is 10.00 Å². The van der Waals surface area contributed by atoms with Crippen molar-refractivity contribution in [2.45, 2.75) is 40.0 Å². The molecule has 7 nitrogen and oxygen atoms in total. The molecule has 0 radical (unpaired) electrons. The normalized spacial score (nSPS) is 15.2. The summed E-state index contributed by atoms with van der Waals surface area (Å²) in [4.78, 5) is 31.4. The maximum absolute atomic E-state index is 12.6. The molecule has 1 aromatic heterocycles. The first kappa shape index (κ1) is 20.3. The molecular formula is C22H24N4O3. The van der Waals surface area contributed by atoms with Gasteiger partial charge in [-0.3, -0.25) is 4.79 Å². The third kappa shape index (κ3) is 4.72. The predicted octanol–water partition coefficient (Wildman–Crippen LogP) is 4.30. The Morgan fingerprint density at radius 3 is 2.79 bits per heavy atom. The largest absolute Gasteiger partial charge is 0.462 e. The van der Waals surface area contributed by atoms with E-state index in [1.165, 1.54) is 6.20 Å². The molecular weight excluding hydrogens is 368 g/mol. The molecule has 0 saturated heterocycles. The summed E-state index contributed by atoms with van der Waals surface area (Å²) < 4.78 is 5.12. The van der Waals surface area contributed by atoms with Crippen molar-refractivity contribution < 1.29 is 14.3 Å². The van der Waals surface area contributed by atoms with Crippen molar-refractivity contribution in [1.82, 2.24) is 9.97 Å². The number of rotatable bonds is 5. The van der Waals surface area contributed by atoms with Gasteiger partial charge in [-0.05, 0) is 55.4 Å². The molecule has 0 saturated carbocycles. The molecule has 0 fully saturated rings. The number of H-pyrrole nitrogens is 1. The minimum absolute atomic E-state index is 0.0562. The quantitative estimate of drug-likeness (QED) is 0.738. The number of nitrogens with zero attached hydrogens (tertiary/aromatic N) is 2. The van der Waals surface area contributed by atoms with Crippen molar-refractivity contribution in [2.24, 2.45) is 5.41 Å². The van der Waals surface area contributed by atoms with Crippen molar-refractivity contribution >= 4 is 23.1 Å². The zero-order chi connectivity index (χ0) is 21.0. The highest BCUT2D eigenvalue weighted by Gasteiger charge is 2.24. The van der Waals surface area contributed by atoms with Crippen LogP contribution >= 0.6 is 0 Å². The van der Waals surface area contributed by atoms with Crippen LogP contribution in [0.3, 0.4) is 0 Å². The van der Waals surface area contributed by atoms with Gasteiger partial charge in [0, 0.05) is 17.4 Å². The Balaban J connectivity index is 1.95. The van der Waals surface area contributed by atoms with Gasteiger partial charge in [-0.1, -0.05) is 19.9 Å². The van der Waals surface area contributed by atoms with Crippen LogP contribution in [0.5, 0.6) is 0 Å². The van der Waals surface area contributed by atoms with Crippen LogP contribution < -0.4 is 5.32 Å². The van der Waals surface area contributed by atoms with E-state index >= 15 is 0 Å². The van der Waals surface area contributed by atoms with E-state index < -0.39 is 11.9 Å². The molecule has 0 aliphatic heterocycles. The third-order valence-corrected chi connectivity index (χ3v) is 5.00. The number of ether oxygens (including phenoxy) is 1. The number of benzene rings is 1. The summed E-state index contributed by atoms with van der Waals surface area (Å²) in [5.74, 6) is -0.790. The Hall–Kier alpha value is -3.40. The van der Waals surface area contributed by atoms with Gasteiger partial charge in [0.25, 0.3) is 5.91 Å². The Labute approximate surface area is 169 Å². The Morgan fingerprint density at radius 2 is 2.17 bits per heavy atom. The fourth-order valence-corrected chi connectivity index (χ4v) is 3.26. The summed E-state index contributed by atoms with van der Waals surface area (Å²) in [6.45, 7) is 6.50. The molecule has 3 rings (SSSR count). The maximum atomic E-state index is 12.6. The van der Waals surface area contributed by atoms with Crippen LogP contribution in [0, 0.1) is 16.7 Å². The maximum Gasteiger partial charge on any atom is 0.338 e. The number of anilines is 1. The number of hydrogen-bond acceptors (Lipinski definition) is 5. The number of esters is 1. The van der Waals surface area contributed by atoms with Crippen molar-refractivity contribution in [3.05, 3.63) is 53.1 Å². The van der Waals surface area contributed by atoms with Crippen LogP contribution in [0.2, 0.25) is 0 Å². The number of carbonyl (C=O) groups excluding carboxylic acids is 2. The lowest BCUT2D eigenvalue weighted by molar-refractivity contribution is 0.0526. The van der Waals surface area contributed by atoms with Crippen LogP contribution in [0.15, 0.2) is 30.5 Å². The molecule has 7 heteroatoms. The van der Waals surface area contributed by atoms with E-state index in [1.54, 1.807) is 25.1 Å². The summed E-state index contributed by atoms with van der Waals surface area (Å²) in [7, 11) is 0. The SMILES string of the molecule is CCOC(=O)c1ccc(NC(=O)c2nc(C#N)c[nH]2)c(C2=CCC(C)(C)CC2)c1. The number of nitriles is 1. The lowest BCUT2D eigenvalue weighted by Crippen LogP contribution is -2.17. The Bertz CT molecular complexity index is 1010. The first-order chi connectivity index (χ1) is 13.8. The number of imidazole rings is 1. The monoisotopic (exact) mass is 392 g/mol. The number of hydrogen-bond donors (Lipinski definition) is 2. The molecule has 1 amide bonds. The zero-order valence-electron chi connectivity index (χ0n) is 16.8. The van der Waals surface area contributed by atoms with Crippen LogP contribution in [0.25, 0.3) is 5.57 Å². The number of allylic oxidation sites excluding steroid dienone is 2. The summed E-state index contributed by atoms with van der Waals surface area (Å²) in [6.07, 6.45) is 6.33. The van der Waals surface area contributed by atoms with Crippen molar-refractivity contribution in [3.8, 4) is 6.07 Å². The van der Waals surface area contributed by atoms with E-state index in [0.29, 0.717) is 17.9 Å². The van der Waals surface area contributed by atoms with E-state index in [2.05, 4.69) is 35.2 Å². The highest BCUT2D eigenvalue weighted by Crippen LogP contribution is 2.40. The number of aromatic nitrogens is 2. The molecule has 0 bridgehead atoms. The second kappa shape index (κ2) is 8.31. The van der Waals surface area contributed by atoms with Gasteiger partial charge >= 0.3 is 5.97 Å². The molecule has 1 aliphatic rings. The first-order valence-corrected chi connectivity index (χ1v) is 9.60. The summed E-state index contributed by atoms with van der Waals surface area (Å²) in [6, 6.07) is 6.99. The molecule has 0 spiro atoms. The zero-order valence-corrected chi connectivity index (χ0v) is 16.8. The Morgan fingerprint density at radius 1 is 1.38 bits per heavy atom. The van der Waals surface area contributed by atoms with Crippen LogP contribution in [0.1, 0.15) is 72.3 Å². The highest BCUT2D eigenvalue weighted by atomic mass is 16.5. The molecule has 0 atom stereocenters. The predicted molar refractivity (Wildman–Crippen MR) is 109 cm³/mol. The summed E-state index contributed by atoms with van der Waals surface area (Å²) >= 11 is 0. The van der Waals surface area contributed by atoms with Crippen LogP contribution in [-0.2, 0) is 4.74 Å². The fourth-order valence-electron chi connectivity index (χ4n) is 3.26. The van der Waals surface area contributed by atoms with Gasteiger partial charge in [-0.15, -0.1) is 0 Å². The number of amides is 1. The van der Waals surface area contributed by atoms with Gasteiger partial charge < -0.3 is 15.0 Å². The van der Waals surface area contributed by atoms with E-state index in [9.17, 15) is 9.59 Å². The van der Waals surface area contributed by atoms with E-state index in [1.807, 2.05) is 6.07 Å². The van der Waals surface area contributed by atoms with Crippen molar-refractivity contribution in [1.29, 1.82) is 5.26 Å². The standard InChI is InChI=1S/C22H24N4O3/c1-4-29-21(28)15-5-6-18(26-20(27)19-24-13-16(12-23)25-19)17(11-15)14-7-9-22(2,3)10-8-14/h5-7,11,13H,4,8-10H2,1-3H3,(H,24,25)(H,26,27). The lowest BCUT2D eigenvalue weighted by atomic mass is 9.76. The average Bonchev–Trinajstić information content (AvgIpc) is 3.18. The lowest BCUT2D eigenvalue weighted by Gasteiger charge is -2.29. The number of carbonyl (C=O) groups is 2. The number of nitrogens with one attached hydrogen (secondary N) is 2. The molecule has 2 N–H and O–H groups in total. The van der Waals surface area contributed by atoms with E-state index in [0.717, 1.165) is 30.4 Å². The molecule has 29 heavy (non-hydrogen) atoms. The first-order valence-electron chi connectivity index (χ1n) is 9.60. The molecule has 0 unspecified atom stereocenters. The molecule has 1 aliphatic carbocycles. The van der Waals surface area contributed by atoms with Crippen molar-refractivity contribution in [2.75, 3.05) is 11.9 Å². The van der Waals surface area contributed by atoms with Gasteiger partial charge in [0.2, 0.25) is 0 Å². The second-order valence-corrected chi connectivity index (χ2v) is 7.78. The Kier molecular flexibility index (Phi) is 5.83. The molecule has 150 valence electrons. The average molecular weight is 392 g/mol. The van der Waals surface area contributed by atoms with Gasteiger partial charge in [0.1, 0.15) is 6.07 Å². The minimum atomic E-state index is -0.451. The van der Waals surface area contributed by atoms with Crippen LogP contribution in [-0.4, -0.2) is 28.5 Å². The highest BCUT2D eigenvalue weighted by molar-refractivity contribution is 6.04. The third-order valence-electron chi connectivity index (χ3n) is 5.00. The van der Waals surface area contributed by atoms with Gasteiger partial charge in [0.05, 0.1) is 12.2 Å². The smallest absolute Gasteiger partial charge is 0.338 e. The molecule has 1 heterocycles. The van der Waals surface area contributed by atoms with Gasteiger partial charge in [-0.25, -0.2) is 9.78 Å². The van der Waals surface area contributed by atoms with Gasteiger partial charge in [0.15, 0.2) is 11.5 Å². The second-order valence-electron chi connectivity index (χ2n) is 7.78. The summed E-state index contributed by atoms with van der Waals surface area (Å²) in [5, 5.41) is 11.7. The van der Waals surface area contributed by atoms with Gasteiger partial charge in [-0.2, -0.15) is 5.26 Å². The summed E-state index contributed by atoms with van der Waals surface area (Å²) in [5.41, 5.74) is 3.28. The minimum Gasteiger partial charge on any atom is -0.462 e. The van der Waals surface area contributed by atoms with Crippen LogP contribution in [0.4, 0.5) is 5.69 Å². The number of aromatic amines is 1. The van der Waals surface area contributed by atoms with E-state index in [-0.39, 0.29) is 16.9 Å². The van der Waals surface area contributed by atoms with Crippen molar-refractivity contribution in [3.63, 3.8) is 0 Å². The fraction of sp³-hybridized carbons (Fsp3) is 0.364. The molecule has 1 aromatic carbocycles. The molecule has 2 aromatic rings.